The number of anilines is 2. The van der Waals surface area contributed by atoms with E-state index in [4.69, 9.17) is 0 Å². The molecule has 0 saturated heterocycles. The van der Waals surface area contributed by atoms with Gasteiger partial charge in [0.25, 0.3) is 0 Å². The van der Waals surface area contributed by atoms with Gasteiger partial charge in [0.15, 0.2) is 0 Å². The monoisotopic (exact) mass is 206 g/mol. The van der Waals surface area contributed by atoms with Gasteiger partial charge in [0, 0.05) is 32.0 Å². The highest BCUT2D eigenvalue weighted by atomic mass is 15.1. The van der Waals surface area contributed by atoms with Gasteiger partial charge in [0.1, 0.15) is 0 Å². The van der Waals surface area contributed by atoms with Crippen molar-refractivity contribution >= 4 is 11.4 Å². The first-order chi connectivity index (χ1) is 7.09. The minimum Gasteiger partial charge on any atom is -0.385 e. The number of hydrogen-bond donors (Lipinski definition) is 1. The predicted octanol–water partition coefficient (Wildman–Crippen LogP) is 3.21. The van der Waals surface area contributed by atoms with E-state index in [0.717, 1.165) is 12.5 Å². The van der Waals surface area contributed by atoms with Crippen LogP contribution in [0.1, 0.15) is 20.3 Å². The van der Waals surface area contributed by atoms with Gasteiger partial charge in [-0.05, 0) is 36.6 Å². The first-order valence-electron chi connectivity index (χ1n) is 5.61. The molecule has 2 heteroatoms. The second-order valence-electron chi connectivity index (χ2n) is 4.55. The van der Waals surface area contributed by atoms with E-state index in [2.05, 4.69) is 62.4 Å². The van der Waals surface area contributed by atoms with Gasteiger partial charge in [-0.1, -0.05) is 13.8 Å². The van der Waals surface area contributed by atoms with E-state index in [0.29, 0.717) is 0 Å². The molecule has 1 rings (SSSR count). The zero-order valence-corrected chi connectivity index (χ0v) is 10.2. The smallest absolute Gasteiger partial charge is 0.0362 e. The summed E-state index contributed by atoms with van der Waals surface area (Å²) in [6.07, 6.45) is 1.22. The summed E-state index contributed by atoms with van der Waals surface area (Å²) in [7, 11) is 4.11. The van der Waals surface area contributed by atoms with Gasteiger partial charge in [-0.15, -0.1) is 0 Å². The molecule has 0 fully saturated rings. The van der Waals surface area contributed by atoms with Crippen LogP contribution in [0.25, 0.3) is 0 Å². The fourth-order valence-electron chi connectivity index (χ4n) is 1.38. The molecule has 0 aliphatic rings. The Kier molecular flexibility index (Phi) is 4.47. The maximum absolute atomic E-state index is 3.42. The Morgan fingerprint density at radius 1 is 1.13 bits per heavy atom. The minimum absolute atomic E-state index is 0.763. The van der Waals surface area contributed by atoms with E-state index < -0.39 is 0 Å². The third kappa shape index (κ3) is 4.24. The van der Waals surface area contributed by atoms with E-state index in [9.17, 15) is 0 Å². The van der Waals surface area contributed by atoms with Gasteiger partial charge < -0.3 is 10.2 Å². The summed E-state index contributed by atoms with van der Waals surface area (Å²) < 4.78 is 0. The molecular weight excluding hydrogens is 184 g/mol. The van der Waals surface area contributed by atoms with Crippen LogP contribution in [0, 0.1) is 5.92 Å². The Bertz CT molecular complexity index is 275. The third-order valence-electron chi connectivity index (χ3n) is 2.43. The van der Waals surface area contributed by atoms with Crippen molar-refractivity contribution in [2.24, 2.45) is 5.92 Å². The fraction of sp³-hybridized carbons (Fsp3) is 0.538. The molecule has 0 aliphatic carbocycles. The SMILES string of the molecule is CC(C)CCNc1ccc(N(C)C)cc1. The van der Waals surface area contributed by atoms with E-state index in [-0.39, 0.29) is 0 Å². The lowest BCUT2D eigenvalue weighted by Crippen LogP contribution is -2.09. The second kappa shape index (κ2) is 5.64. The van der Waals surface area contributed by atoms with E-state index in [1.165, 1.54) is 17.8 Å². The normalized spacial score (nSPS) is 10.5. The summed E-state index contributed by atoms with van der Waals surface area (Å²) in [5.41, 5.74) is 2.45. The van der Waals surface area contributed by atoms with Crippen molar-refractivity contribution in [2.75, 3.05) is 30.9 Å². The van der Waals surface area contributed by atoms with Crippen LogP contribution in [0.2, 0.25) is 0 Å². The average molecular weight is 206 g/mol. The number of nitrogens with one attached hydrogen (secondary N) is 1. The average Bonchev–Trinajstić information content (AvgIpc) is 2.18. The van der Waals surface area contributed by atoms with Gasteiger partial charge in [-0.3, -0.25) is 0 Å². The molecule has 2 nitrogen and oxygen atoms in total. The molecule has 1 aromatic carbocycles. The van der Waals surface area contributed by atoms with Crippen molar-refractivity contribution < 1.29 is 0 Å². The Hall–Kier alpha value is -1.18. The van der Waals surface area contributed by atoms with Crippen LogP contribution in [0.4, 0.5) is 11.4 Å². The van der Waals surface area contributed by atoms with Gasteiger partial charge >= 0.3 is 0 Å². The molecule has 1 N–H and O–H groups in total. The molecule has 0 bridgehead atoms. The molecule has 0 heterocycles. The summed E-state index contributed by atoms with van der Waals surface area (Å²) in [5, 5.41) is 3.42. The molecule has 0 radical (unpaired) electrons. The highest BCUT2D eigenvalue weighted by molar-refractivity contribution is 5.54. The Labute approximate surface area is 93.3 Å². The van der Waals surface area contributed by atoms with Gasteiger partial charge in [0.05, 0.1) is 0 Å². The second-order valence-corrected chi connectivity index (χ2v) is 4.55. The van der Waals surface area contributed by atoms with E-state index in [1.54, 1.807) is 0 Å². The predicted molar refractivity (Wildman–Crippen MR) is 68.7 cm³/mol. The Morgan fingerprint density at radius 2 is 1.73 bits per heavy atom. The molecular formula is C13H22N2. The fourth-order valence-corrected chi connectivity index (χ4v) is 1.38. The highest BCUT2D eigenvalue weighted by Crippen LogP contribution is 2.15. The molecule has 0 aromatic heterocycles. The van der Waals surface area contributed by atoms with Crippen LogP contribution >= 0.6 is 0 Å². The molecule has 0 atom stereocenters. The van der Waals surface area contributed by atoms with Gasteiger partial charge in [-0.25, -0.2) is 0 Å². The zero-order valence-electron chi connectivity index (χ0n) is 10.2. The van der Waals surface area contributed by atoms with Crippen LogP contribution in [0.15, 0.2) is 24.3 Å². The summed E-state index contributed by atoms with van der Waals surface area (Å²) in [5.74, 6) is 0.763. The standard InChI is InChI=1S/C13H22N2/c1-11(2)9-10-14-12-5-7-13(8-6-12)15(3)4/h5-8,11,14H,9-10H2,1-4H3. The first kappa shape index (κ1) is 11.9. The maximum Gasteiger partial charge on any atom is 0.0362 e. The largest absolute Gasteiger partial charge is 0.385 e. The Balaban J connectivity index is 2.43. The lowest BCUT2D eigenvalue weighted by Gasteiger charge is -2.13. The number of hydrogen-bond acceptors (Lipinski definition) is 2. The highest BCUT2D eigenvalue weighted by Gasteiger charge is 1.96. The topological polar surface area (TPSA) is 15.3 Å². The van der Waals surface area contributed by atoms with Crippen molar-refractivity contribution in [2.45, 2.75) is 20.3 Å². The van der Waals surface area contributed by atoms with Crippen molar-refractivity contribution in [3.05, 3.63) is 24.3 Å². The lowest BCUT2D eigenvalue weighted by molar-refractivity contribution is 0.607. The zero-order chi connectivity index (χ0) is 11.3. The molecule has 1 aromatic rings. The number of benzene rings is 1. The quantitative estimate of drug-likeness (QED) is 0.796. The van der Waals surface area contributed by atoms with Crippen molar-refractivity contribution in [1.29, 1.82) is 0 Å². The van der Waals surface area contributed by atoms with Gasteiger partial charge in [-0.2, -0.15) is 0 Å². The summed E-state index contributed by atoms with van der Waals surface area (Å²) in [6.45, 7) is 5.55. The molecule has 0 amide bonds. The van der Waals surface area contributed by atoms with Crippen LogP contribution in [0.5, 0.6) is 0 Å². The van der Waals surface area contributed by atoms with Crippen LogP contribution < -0.4 is 10.2 Å². The number of rotatable bonds is 5. The molecule has 0 spiro atoms. The van der Waals surface area contributed by atoms with Crippen LogP contribution in [-0.4, -0.2) is 20.6 Å². The summed E-state index contributed by atoms with van der Waals surface area (Å²) in [6, 6.07) is 8.54. The van der Waals surface area contributed by atoms with E-state index >= 15 is 0 Å². The van der Waals surface area contributed by atoms with Crippen molar-refractivity contribution in [1.82, 2.24) is 0 Å². The molecule has 15 heavy (non-hydrogen) atoms. The van der Waals surface area contributed by atoms with Gasteiger partial charge in [0.2, 0.25) is 0 Å². The molecule has 0 saturated carbocycles. The molecule has 84 valence electrons. The van der Waals surface area contributed by atoms with Crippen molar-refractivity contribution in [3.8, 4) is 0 Å². The molecule has 0 unspecified atom stereocenters. The van der Waals surface area contributed by atoms with Crippen molar-refractivity contribution in [3.63, 3.8) is 0 Å². The minimum atomic E-state index is 0.763. The van der Waals surface area contributed by atoms with Crippen LogP contribution in [-0.2, 0) is 0 Å². The number of nitrogens with zero attached hydrogens (tertiary/aromatic N) is 1. The third-order valence-corrected chi connectivity index (χ3v) is 2.43. The van der Waals surface area contributed by atoms with E-state index in [1.807, 2.05) is 0 Å². The summed E-state index contributed by atoms with van der Waals surface area (Å²) in [4.78, 5) is 2.11. The lowest BCUT2D eigenvalue weighted by atomic mass is 10.1. The molecule has 0 aliphatic heterocycles. The first-order valence-corrected chi connectivity index (χ1v) is 5.61. The van der Waals surface area contributed by atoms with Crippen LogP contribution in [0.3, 0.4) is 0 Å². The maximum atomic E-state index is 3.42. The summed E-state index contributed by atoms with van der Waals surface area (Å²) >= 11 is 0. The Morgan fingerprint density at radius 3 is 2.20 bits per heavy atom.